The standard InChI is InChI=1S/C34H26N2O/c1-22-10-2-3-11-24(22)31-19-33-29(27-14-6-7-16-32(27)37-33)21-35(31)20-23-18-28-25-12-4-5-13-26(25)30-15-8-9-17-36(30)34(23)28/h2-19,21,28,34H,20H2,1H3/q+2. The highest BCUT2D eigenvalue weighted by Crippen LogP contribution is 2.48. The summed E-state index contributed by atoms with van der Waals surface area (Å²) in [4.78, 5) is 0. The number of aryl methyl sites for hydroxylation is 1. The summed E-state index contributed by atoms with van der Waals surface area (Å²) in [5.41, 5.74) is 11.1. The first-order valence-corrected chi connectivity index (χ1v) is 13.0. The lowest BCUT2D eigenvalue weighted by atomic mass is 9.71. The second kappa shape index (κ2) is 7.75. The molecule has 0 bridgehead atoms. The number of furan rings is 1. The number of pyridine rings is 2. The van der Waals surface area contributed by atoms with Gasteiger partial charge in [-0.1, -0.05) is 60.7 Å². The number of aromatic nitrogens is 2. The molecular weight excluding hydrogens is 452 g/mol. The predicted octanol–water partition coefficient (Wildman–Crippen LogP) is 7.08. The van der Waals surface area contributed by atoms with Crippen LogP contribution in [0.5, 0.6) is 0 Å². The summed E-state index contributed by atoms with van der Waals surface area (Å²) in [5, 5.41) is 2.32. The van der Waals surface area contributed by atoms with Gasteiger partial charge in [-0.25, -0.2) is 0 Å². The van der Waals surface area contributed by atoms with Gasteiger partial charge in [0.1, 0.15) is 11.2 Å². The maximum Gasteiger partial charge on any atom is 0.216 e. The number of para-hydroxylation sites is 1. The smallest absolute Gasteiger partial charge is 0.216 e. The Hall–Kier alpha value is -4.50. The van der Waals surface area contributed by atoms with Crippen molar-refractivity contribution in [1.29, 1.82) is 0 Å². The Morgan fingerprint density at radius 3 is 2.43 bits per heavy atom. The Kier molecular flexibility index (Phi) is 4.33. The molecule has 0 radical (unpaired) electrons. The number of hydrogen-bond acceptors (Lipinski definition) is 1. The van der Waals surface area contributed by atoms with Gasteiger partial charge >= 0.3 is 0 Å². The summed E-state index contributed by atoms with van der Waals surface area (Å²) in [6, 6.07) is 34.9. The van der Waals surface area contributed by atoms with Crippen molar-refractivity contribution < 1.29 is 13.6 Å². The van der Waals surface area contributed by atoms with E-state index in [0.29, 0.717) is 12.0 Å². The summed E-state index contributed by atoms with van der Waals surface area (Å²) in [6.45, 7) is 3.02. The van der Waals surface area contributed by atoms with Gasteiger partial charge in [0.2, 0.25) is 11.4 Å². The van der Waals surface area contributed by atoms with Crippen LogP contribution in [0.25, 0.3) is 44.5 Å². The number of rotatable bonds is 3. The zero-order valence-electron chi connectivity index (χ0n) is 20.6. The van der Waals surface area contributed by atoms with Crippen molar-refractivity contribution in [3.8, 4) is 22.5 Å². The van der Waals surface area contributed by atoms with Crippen molar-refractivity contribution in [3.05, 3.63) is 132 Å². The number of nitrogens with zero attached hydrogens (tertiary/aromatic N) is 2. The van der Waals surface area contributed by atoms with Crippen molar-refractivity contribution >= 4 is 21.9 Å². The minimum absolute atomic E-state index is 0.333. The second-order valence-corrected chi connectivity index (χ2v) is 10.3. The first-order chi connectivity index (χ1) is 18.3. The van der Waals surface area contributed by atoms with E-state index in [0.717, 1.165) is 28.5 Å². The molecule has 6 aromatic rings. The lowest BCUT2D eigenvalue weighted by Crippen LogP contribution is -2.54. The molecule has 8 rings (SSSR count). The van der Waals surface area contributed by atoms with E-state index in [-0.39, 0.29) is 0 Å². The Morgan fingerprint density at radius 1 is 0.730 bits per heavy atom. The van der Waals surface area contributed by atoms with E-state index in [1.807, 2.05) is 6.07 Å². The van der Waals surface area contributed by atoms with Crippen molar-refractivity contribution in [1.82, 2.24) is 0 Å². The van der Waals surface area contributed by atoms with Crippen LogP contribution in [-0.4, -0.2) is 0 Å². The summed E-state index contributed by atoms with van der Waals surface area (Å²) in [7, 11) is 0. The maximum atomic E-state index is 6.29. The topological polar surface area (TPSA) is 20.9 Å². The van der Waals surface area contributed by atoms with E-state index in [2.05, 4.69) is 126 Å². The van der Waals surface area contributed by atoms with Gasteiger partial charge in [0, 0.05) is 23.1 Å². The molecule has 176 valence electrons. The molecule has 2 aliphatic rings. The van der Waals surface area contributed by atoms with Crippen molar-refractivity contribution in [2.24, 2.45) is 0 Å². The molecule has 4 heterocycles. The van der Waals surface area contributed by atoms with E-state index >= 15 is 0 Å². The zero-order valence-corrected chi connectivity index (χ0v) is 20.6. The van der Waals surface area contributed by atoms with Crippen LogP contribution in [0, 0.1) is 6.92 Å². The second-order valence-electron chi connectivity index (χ2n) is 10.3. The number of benzene rings is 3. The Bertz CT molecular complexity index is 1890. The molecule has 1 aliphatic heterocycles. The highest BCUT2D eigenvalue weighted by atomic mass is 16.3. The molecule has 3 nitrogen and oxygen atoms in total. The molecule has 3 aromatic carbocycles. The fourth-order valence-electron chi connectivity index (χ4n) is 6.42. The fourth-order valence-corrected chi connectivity index (χ4v) is 6.42. The highest BCUT2D eigenvalue weighted by Gasteiger charge is 2.48. The van der Waals surface area contributed by atoms with E-state index in [1.54, 1.807) is 0 Å². The van der Waals surface area contributed by atoms with Crippen LogP contribution >= 0.6 is 0 Å². The average Bonchev–Trinajstić information content (AvgIpc) is 3.28. The average molecular weight is 479 g/mol. The van der Waals surface area contributed by atoms with Crippen LogP contribution < -0.4 is 9.13 Å². The third-order valence-corrected chi connectivity index (χ3v) is 8.20. The van der Waals surface area contributed by atoms with Gasteiger partial charge in [-0.2, -0.15) is 9.13 Å². The fraction of sp³-hybridized carbons (Fsp3) is 0.118. The predicted molar refractivity (Wildman–Crippen MR) is 146 cm³/mol. The molecule has 2 atom stereocenters. The molecule has 0 saturated carbocycles. The molecule has 37 heavy (non-hydrogen) atoms. The van der Waals surface area contributed by atoms with Crippen LogP contribution in [0.4, 0.5) is 0 Å². The Labute approximate surface area is 215 Å². The monoisotopic (exact) mass is 478 g/mol. The molecule has 1 aliphatic carbocycles. The minimum Gasteiger partial charge on any atom is -0.456 e. The first-order valence-electron chi connectivity index (χ1n) is 13.0. The lowest BCUT2D eigenvalue weighted by Gasteiger charge is -2.36. The van der Waals surface area contributed by atoms with Gasteiger partial charge in [-0.15, -0.1) is 0 Å². The third-order valence-electron chi connectivity index (χ3n) is 8.20. The van der Waals surface area contributed by atoms with Crippen molar-refractivity contribution in [2.45, 2.75) is 25.4 Å². The van der Waals surface area contributed by atoms with Gasteiger partial charge in [-0.3, -0.25) is 0 Å². The van der Waals surface area contributed by atoms with Crippen molar-refractivity contribution in [3.63, 3.8) is 0 Å². The third kappa shape index (κ3) is 3.01. The van der Waals surface area contributed by atoms with Crippen LogP contribution in [0.15, 0.2) is 126 Å². The summed E-state index contributed by atoms with van der Waals surface area (Å²) >= 11 is 0. The van der Waals surface area contributed by atoms with E-state index in [1.165, 1.54) is 39.2 Å². The molecule has 2 unspecified atom stereocenters. The molecular formula is C34H26N2O+2. The summed E-state index contributed by atoms with van der Waals surface area (Å²) < 4.78 is 11.2. The van der Waals surface area contributed by atoms with Crippen LogP contribution in [0.1, 0.15) is 23.1 Å². The molecule has 0 amide bonds. The summed E-state index contributed by atoms with van der Waals surface area (Å²) in [5.74, 6) is 0.409. The Balaban J connectivity index is 1.31. The Morgan fingerprint density at radius 2 is 1.51 bits per heavy atom. The molecule has 3 heteroatoms. The number of allylic oxidation sites excluding steroid dienone is 2. The van der Waals surface area contributed by atoms with Crippen LogP contribution in [0.2, 0.25) is 0 Å². The maximum absolute atomic E-state index is 6.29. The van der Waals surface area contributed by atoms with Crippen molar-refractivity contribution in [2.75, 3.05) is 0 Å². The number of fused-ring (bicyclic) bond motifs is 9. The molecule has 0 N–H and O–H groups in total. The van der Waals surface area contributed by atoms with Gasteiger partial charge < -0.3 is 4.42 Å². The van der Waals surface area contributed by atoms with Crippen LogP contribution in [-0.2, 0) is 6.54 Å². The first kappa shape index (κ1) is 20.7. The molecule has 3 aromatic heterocycles. The van der Waals surface area contributed by atoms with Gasteiger partial charge in [0.15, 0.2) is 25.0 Å². The number of hydrogen-bond donors (Lipinski definition) is 0. The van der Waals surface area contributed by atoms with E-state index < -0.39 is 0 Å². The zero-order chi connectivity index (χ0) is 24.5. The molecule has 0 saturated heterocycles. The SMILES string of the molecule is Cc1ccccc1-c1cc2oc3ccccc3c2c[n+]1CC1=CC2c3ccccc3-c3cccc[n+]3C12. The van der Waals surface area contributed by atoms with Crippen LogP contribution in [0.3, 0.4) is 0 Å². The van der Waals surface area contributed by atoms with E-state index in [9.17, 15) is 0 Å². The van der Waals surface area contributed by atoms with Gasteiger partial charge in [-0.05, 0) is 42.3 Å². The normalized spacial score (nSPS) is 17.6. The molecule has 0 fully saturated rings. The summed E-state index contributed by atoms with van der Waals surface area (Å²) in [6.07, 6.45) is 7.03. The van der Waals surface area contributed by atoms with Gasteiger partial charge in [0.05, 0.1) is 28.5 Å². The highest BCUT2D eigenvalue weighted by molar-refractivity contribution is 6.04. The van der Waals surface area contributed by atoms with Gasteiger partial charge in [0.25, 0.3) is 0 Å². The molecule has 0 spiro atoms. The van der Waals surface area contributed by atoms with E-state index in [4.69, 9.17) is 4.42 Å². The minimum atomic E-state index is 0.333. The lowest BCUT2D eigenvalue weighted by molar-refractivity contribution is -0.725. The largest absolute Gasteiger partial charge is 0.456 e. The quantitative estimate of drug-likeness (QED) is 0.197.